The second kappa shape index (κ2) is 7.99. The third-order valence-electron chi connectivity index (χ3n) is 2.18. The summed E-state index contributed by atoms with van der Waals surface area (Å²) < 4.78 is 0.614. The zero-order chi connectivity index (χ0) is 16.0. The van der Waals surface area contributed by atoms with Crippen molar-refractivity contribution < 1.29 is 19.5 Å². The average Bonchev–Trinajstić information content (AvgIpc) is 2.65. The molecular formula is C12H17N3O4S2. The summed E-state index contributed by atoms with van der Waals surface area (Å²) in [7, 11) is 0. The third kappa shape index (κ3) is 6.58. The van der Waals surface area contributed by atoms with Crippen LogP contribution in [0.1, 0.15) is 24.4 Å². The molecule has 0 aliphatic carbocycles. The van der Waals surface area contributed by atoms with E-state index in [1.807, 2.05) is 0 Å². The summed E-state index contributed by atoms with van der Waals surface area (Å²) in [6, 6.07) is -0.580. The Bertz CT molecular complexity index is 543. The van der Waals surface area contributed by atoms with Crippen molar-refractivity contribution in [2.75, 3.05) is 5.75 Å². The lowest BCUT2D eigenvalue weighted by Gasteiger charge is -2.08. The minimum Gasteiger partial charge on any atom is -0.481 e. The molecule has 9 heteroatoms. The van der Waals surface area contributed by atoms with Gasteiger partial charge in [0.05, 0.1) is 17.9 Å². The number of thiazole rings is 1. The summed E-state index contributed by atoms with van der Waals surface area (Å²) in [5, 5.41) is 13.5. The van der Waals surface area contributed by atoms with Crippen molar-refractivity contribution in [1.29, 1.82) is 0 Å². The number of carboxylic acids is 1. The second-order valence-electron chi connectivity index (χ2n) is 4.52. The molecule has 0 spiro atoms. The lowest BCUT2D eigenvalue weighted by atomic mass is 10.3. The first kappa shape index (κ1) is 17.4. The molecule has 0 saturated carbocycles. The molecule has 21 heavy (non-hydrogen) atoms. The number of hydrogen-bond donors (Lipinski definition) is 3. The van der Waals surface area contributed by atoms with E-state index in [0.29, 0.717) is 14.9 Å². The van der Waals surface area contributed by atoms with E-state index in [9.17, 15) is 14.4 Å². The van der Waals surface area contributed by atoms with E-state index in [2.05, 4.69) is 15.6 Å². The van der Waals surface area contributed by atoms with Crippen LogP contribution in [-0.2, 0) is 16.0 Å². The van der Waals surface area contributed by atoms with E-state index >= 15 is 0 Å². The summed E-state index contributed by atoms with van der Waals surface area (Å²) >= 11 is 2.42. The van der Waals surface area contributed by atoms with Gasteiger partial charge >= 0.3 is 12.0 Å². The summed E-state index contributed by atoms with van der Waals surface area (Å²) in [4.78, 5) is 38.4. The first-order valence-corrected chi connectivity index (χ1v) is 7.99. The van der Waals surface area contributed by atoms with Crippen LogP contribution in [0.2, 0.25) is 0 Å². The molecule has 0 atom stereocenters. The van der Waals surface area contributed by atoms with E-state index in [1.165, 1.54) is 23.1 Å². The molecule has 3 N–H and O–H groups in total. The highest BCUT2D eigenvalue weighted by molar-refractivity contribution is 8.01. The maximum absolute atomic E-state index is 11.6. The average molecular weight is 331 g/mol. The monoisotopic (exact) mass is 331 g/mol. The zero-order valence-electron chi connectivity index (χ0n) is 11.9. The Balaban J connectivity index is 2.46. The second-order valence-corrected chi connectivity index (χ2v) is 6.83. The molecule has 0 aliphatic rings. The molecule has 1 rings (SSSR count). The van der Waals surface area contributed by atoms with Crippen molar-refractivity contribution in [3.8, 4) is 0 Å². The number of carboxylic acid groups (broad SMARTS) is 1. The molecule has 1 aromatic heterocycles. The summed E-state index contributed by atoms with van der Waals surface area (Å²) in [6.07, 6.45) is -0.0763. The Morgan fingerprint density at radius 3 is 2.62 bits per heavy atom. The lowest BCUT2D eigenvalue weighted by Crippen LogP contribution is -2.43. The van der Waals surface area contributed by atoms with Crippen LogP contribution >= 0.6 is 23.1 Å². The van der Waals surface area contributed by atoms with Gasteiger partial charge in [-0.25, -0.2) is 9.78 Å². The van der Waals surface area contributed by atoms with E-state index in [4.69, 9.17) is 5.11 Å². The fraction of sp³-hybridized carbons (Fsp3) is 0.500. The number of aryl methyl sites for hydroxylation is 1. The molecule has 7 nitrogen and oxygen atoms in total. The van der Waals surface area contributed by atoms with Gasteiger partial charge in [-0.15, -0.1) is 11.3 Å². The Morgan fingerprint density at radius 2 is 2.05 bits per heavy atom. The van der Waals surface area contributed by atoms with Crippen LogP contribution in [-0.4, -0.2) is 39.8 Å². The topological polar surface area (TPSA) is 108 Å². The van der Waals surface area contributed by atoms with Crippen molar-refractivity contribution in [2.45, 2.75) is 37.6 Å². The highest BCUT2D eigenvalue weighted by Gasteiger charge is 2.14. The summed E-state index contributed by atoms with van der Waals surface area (Å²) in [6.45, 7) is 5.32. The normalized spacial score (nSPS) is 10.5. The lowest BCUT2D eigenvalue weighted by molar-refractivity contribution is -0.136. The van der Waals surface area contributed by atoms with Crippen molar-refractivity contribution in [2.24, 2.45) is 0 Å². The van der Waals surface area contributed by atoms with Crippen LogP contribution in [0.5, 0.6) is 0 Å². The number of amides is 3. The van der Waals surface area contributed by atoms with Crippen molar-refractivity contribution in [3.05, 3.63) is 10.6 Å². The van der Waals surface area contributed by atoms with Crippen LogP contribution < -0.4 is 10.6 Å². The molecule has 1 heterocycles. The van der Waals surface area contributed by atoms with Crippen LogP contribution in [0, 0.1) is 6.92 Å². The Morgan fingerprint density at radius 1 is 1.38 bits per heavy atom. The summed E-state index contributed by atoms with van der Waals surface area (Å²) in [5.41, 5.74) is 0.655. The number of thioether (sulfide) groups is 1. The smallest absolute Gasteiger partial charge is 0.321 e. The zero-order valence-corrected chi connectivity index (χ0v) is 13.6. The van der Waals surface area contributed by atoms with Gasteiger partial charge in [0, 0.05) is 10.9 Å². The third-order valence-corrected chi connectivity index (χ3v) is 4.48. The van der Waals surface area contributed by atoms with Gasteiger partial charge in [0.2, 0.25) is 5.91 Å². The number of nitrogens with zero attached hydrogens (tertiary/aromatic N) is 1. The number of carbonyl (C=O) groups is 3. The standard InChI is InChI=1S/C12H17N3O4S2/c1-6(2)13-11(19)15-9(16)5-20-12-14-7(3)8(21-12)4-10(17)18/h6H,4-5H2,1-3H3,(H,17,18)(H2,13,15,16,19). The molecule has 0 saturated heterocycles. The minimum absolute atomic E-state index is 0.0466. The van der Waals surface area contributed by atoms with Gasteiger partial charge in [0.25, 0.3) is 0 Å². The predicted octanol–water partition coefficient (Wildman–Crippen LogP) is 1.40. The highest BCUT2D eigenvalue weighted by atomic mass is 32.2. The largest absolute Gasteiger partial charge is 0.481 e. The maximum atomic E-state index is 11.6. The van der Waals surface area contributed by atoms with Crippen molar-refractivity contribution >= 4 is 41.0 Å². The molecule has 3 amide bonds. The molecule has 0 unspecified atom stereocenters. The van der Waals surface area contributed by atoms with Crippen LogP contribution in [0.15, 0.2) is 4.34 Å². The Kier molecular flexibility index (Phi) is 6.63. The Hall–Kier alpha value is -1.61. The van der Waals surface area contributed by atoms with E-state index < -0.39 is 17.9 Å². The molecular weight excluding hydrogens is 314 g/mol. The minimum atomic E-state index is -0.915. The van der Waals surface area contributed by atoms with Gasteiger partial charge in [-0.05, 0) is 20.8 Å². The number of aromatic nitrogens is 1. The number of rotatable bonds is 6. The van der Waals surface area contributed by atoms with Gasteiger partial charge in [0.1, 0.15) is 0 Å². The fourth-order valence-corrected chi connectivity index (χ4v) is 3.38. The van der Waals surface area contributed by atoms with E-state index in [-0.39, 0.29) is 18.2 Å². The molecule has 0 fully saturated rings. The molecule has 0 radical (unpaired) electrons. The molecule has 0 aliphatic heterocycles. The quantitative estimate of drug-likeness (QED) is 0.680. The number of hydrogen-bond acceptors (Lipinski definition) is 6. The van der Waals surface area contributed by atoms with Gasteiger partial charge in [-0.2, -0.15) is 0 Å². The maximum Gasteiger partial charge on any atom is 0.321 e. The van der Waals surface area contributed by atoms with Gasteiger partial charge in [0.15, 0.2) is 4.34 Å². The van der Waals surface area contributed by atoms with Crippen LogP contribution in [0.25, 0.3) is 0 Å². The number of aliphatic carboxylic acids is 1. The molecule has 1 aromatic rings. The molecule has 116 valence electrons. The van der Waals surface area contributed by atoms with Crippen molar-refractivity contribution in [1.82, 2.24) is 15.6 Å². The van der Waals surface area contributed by atoms with Gasteiger partial charge < -0.3 is 10.4 Å². The van der Waals surface area contributed by atoms with Crippen LogP contribution in [0.4, 0.5) is 4.79 Å². The number of nitrogens with one attached hydrogen (secondary N) is 2. The van der Waals surface area contributed by atoms with Gasteiger partial charge in [-0.3, -0.25) is 14.9 Å². The van der Waals surface area contributed by atoms with Gasteiger partial charge in [-0.1, -0.05) is 11.8 Å². The number of imide groups is 1. The molecule has 0 bridgehead atoms. The summed E-state index contributed by atoms with van der Waals surface area (Å²) in [5.74, 6) is -1.29. The van der Waals surface area contributed by atoms with Crippen LogP contribution in [0.3, 0.4) is 0 Å². The highest BCUT2D eigenvalue weighted by Crippen LogP contribution is 2.27. The van der Waals surface area contributed by atoms with Crippen molar-refractivity contribution in [3.63, 3.8) is 0 Å². The first-order valence-electron chi connectivity index (χ1n) is 6.19. The SMILES string of the molecule is Cc1nc(SCC(=O)NC(=O)NC(C)C)sc1CC(=O)O. The first-order chi connectivity index (χ1) is 9.77. The number of carbonyl (C=O) groups excluding carboxylic acids is 2. The fourth-order valence-electron chi connectivity index (χ4n) is 1.35. The number of urea groups is 1. The molecule has 0 aromatic carbocycles. The Labute approximate surface area is 130 Å². The van der Waals surface area contributed by atoms with E-state index in [1.54, 1.807) is 20.8 Å². The van der Waals surface area contributed by atoms with E-state index in [0.717, 1.165) is 0 Å². The predicted molar refractivity (Wildman–Crippen MR) is 80.7 cm³/mol.